The average molecular weight is 379 g/mol. The van der Waals surface area contributed by atoms with Gasteiger partial charge in [0.25, 0.3) is 0 Å². The Morgan fingerprint density at radius 1 is 0.893 bits per heavy atom. The van der Waals surface area contributed by atoms with Crippen LogP contribution in [0, 0.1) is 0 Å². The number of phenolic OH excluding ortho intramolecular Hbond substituents is 3. The molecule has 0 radical (unpaired) electrons. The molecule has 0 amide bonds. The Balaban J connectivity index is 2.32. The fraction of sp³-hybridized carbons (Fsp3) is 0.261. The van der Waals surface area contributed by atoms with Gasteiger partial charge in [-0.25, -0.2) is 0 Å². The van der Waals surface area contributed by atoms with Gasteiger partial charge in [0.15, 0.2) is 0 Å². The summed E-state index contributed by atoms with van der Waals surface area (Å²) in [7, 11) is 0. The number of phenols is 3. The van der Waals surface area contributed by atoms with Gasteiger partial charge >= 0.3 is 0 Å². The van der Waals surface area contributed by atoms with Gasteiger partial charge in [-0.15, -0.1) is 0 Å². The van der Waals surface area contributed by atoms with E-state index in [0.717, 1.165) is 11.1 Å². The van der Waals surface area contributed by atoms with Gasteiger partial charge in [-0.2, -0.15) is 0 Å². The lowest BCUT2D eigenvalue weighted by molar-refractivity contribution is 0.445. The summed E-state index contributed by atoms with van der Waals surface area (Å²) in [4.78, 5) is 16.2. The molecule has 0 atom stereocenters. The first-order valence-electron chi connectivity index (χ1n) is 9.21. The number of aromatic amines is 1. The minimum absolute atomic E-state index is 0.0668. The minimum atomic E-state index is -0.462. The number of allylic oxidation sites excluding steroid dienone is 4. The van der Waals surface area contributed by atoms with Crippen LogP contribution in [-0.4, -0.2) is 20.3 Å². The van der Waals surface area contributed by atoms with E-state index in [4.69, 9.17) is 0 Å². The molecule has 1 aromatic heterocycles. The van der Waals surface area contributed by atoms with Crippen molar-refractivity contribution in [3.05, 3.63) is 62.8 Å². The Labute approximate surface area is 163 Å². The summed E-state index contributed by atoms with van der Waals surface area (Å²) < 4.78 is 0. The normalized spacial score (nSPS) is 11.0. The molecule has 1 heterocycles. The second-order valence-corrected chi connectivity index (χ2v) is 7.57. The third-order valence-corrected chi connectivity index (χ3v) is 4.81. The number of benzene rings is 2. The molecule has 5 heteroatoms. The van der Waals surface area contributed by atoms with Gasteiger partial charge in [0.1, 0.15) is 17.2 Å². The molecule has 0 unspecified atom stereocenters. The number of hydrogen-bond acceptors (Lipinski definition) is 4. The fourth-order valence-electron chi connectivity index (χ4n) is 3.25. The molecule has 3 aromatic rings. The van der Waals surface area contributed by atoms with Crippen LogP contribution in [-0.2, 0) is 12.8 Å². The SMILES string of the molecule is CC(C)=CCc1ccc2[nH]c3cc(O)c(CC=C(C)C)c(O)c3c(=O)c2c1O. The molecular weight excluding hydrogens is 354 g/mol. The summed E-state index contributed by atoms with van der Waals surface area (Å²) in [6.45, 7) is 7.77. The van der Waals surface area contributed by atoms with Gasteiger partial charge < -0.3 is 20.3 Å². The first-order chi connectivity index (χ1) is 13.2. The van der Waals surface area contributed by atoms with Crippen LogP contribution in [0.3, 0.4) is 0 Å². The van der Waals surface area contributed by atoms with Crippen molar-refractivity contribution >= 4 is 21.8 Å². The maximum Gasteiger partial charge on any atom is 0.204 e. The molecule has 2 aromatic carbocycles. The Morgan fingerprint density at radius 2 is 1.50 bits per heavy atom. The van der Waals surface area contributed by atoms with E-state index in [-0.39, 0.29) is 28.0 Å². The first kappa shape index (κ1) is 19.5. The van der Waals surface area contributed by atoms with Crippen LogP contribution in [0.15, 0.2) is 46.3 Å². The number of H-pyrrole nitrogens is 1. The van der Waals surface area contributed by atoms with Gasteiger partial charge in [0, 0.05) is 11.6 Å². The molecule has 0 fully saturated rings. The zero-order valence-corrected chi connectivity index (χ0v) is 16.6. The first-order valence-corrected chi connectivity index (χ1v) is 9.21. The quantitative estimate of drug-likeness (QED) is 0.386. The summed E-state index contributed by atoms with van der Waals surface area (Å²) in [5.74, 6) is -0.428. The maximum absolute atomic E-state index is 13.2. The van der Waals surface area contributed by atoms with Crippen LogP contribution >= 0.6 is 0 Å². The molecule has 28 heavy (non-hydrogen) atoms. The molecule has 0 spiro atoms. The molecule has 0 bridgehead atoms. The summed E-state index contributed by atoms with van der Waals surface area (Å²) in [6.07, 6.45) is 4.66. The lowest BCUT2D eigenvalue weighted by atomic mass is 9.99. The van der Waals surface area contributed by atoms with Crippen LogP contribution < -0.4 is 5.43 Å². The van der Waals surface area contributed by atoms with Gasteiger partial charge in [0.2, 0.25) is 5.43 Å². The van der Waals surface area contributed by atoms with Crippen molar-refractivity contribution in [2.24, 2.45) is 0 Å². The molecule has 0 aliphatic carbocycles. The van der Waals surface area contributed by atoms with Crippen molar-refractivity contribution in [1.29, 1.82) is 0 Å². The molecular formula is C23H25NO4. The minimum Gasteiger partial charge on any atom is -0.507 e. The highest BCUT2D eigenvalue weighted by Crippen LogP contribution is 2.36. The van der Waals surface area contributed by atoms with Crippen molar-refractivity contribution in [3.63, 3.8) is 0 Å². The number of aromatic nitrogens is 1. The molecule has 0 saturated carbocycles. The fourth-order valence-corrected chi connectivity index (χ4v) is 3.25. The summed E-state index contributed by atoms with van der Waals surface area (Å²) >= 11 is 0. The maximum atomic E-state index is 13.2. The van der Waals surface area contributed by atoms with Crippen molar-refractivity contribution in [2.45, 2.75) is 40.5 Å². The number of aromatic hydroxyl groups is 3. The van der Waals surface area contributed by atoms with Crippen molar-refractivity contribution in [2.75, 3.05) is 0 Å². The van der Waals surface area contributed by atoms with E-state index in [2.05, 4.69) is 4.98 Å². The molecule has 146 valence electrons. The zero-order chi connectivity index (χ0) is 20.6. The highest BCUT2D eigenvalue weighted by molar-refractivity contribution is 5.99. The van der Waals surface area contributed by atoms with E-state index in [1.165, 1.54) is 6.07 Å². The van der Waals surface area contributed by atoms with Gasteiger partial charge in [-0.05, 0) is 52.2 Å². The lowest BCUT2D eigenvalue weighted by Crippen LogP contribution is -2.07. The van der Waals surface area contributed by atoms with Crippen LogP contribution in [0.4, 0.5) is 0 Å². The topological polar surface area (TPSA) is 93.5 Å². The highest BCUT2D eigenvalue weighted by atomic mass is 16.3. The third kappa shape index (κ3) is 3.48. The van der Waals surface area contributed by atoms with Crippen LogP contribution in [0.1, 0.15) is 38.8 Å². The second kappa shape index (κ2) is 7.43. The standard InChI is InChI=1S/C23H25NO4/c1-12(2)5-7-14-8-10-16-19(21(14)26)23(28)20-17(24-16)11-18(25)15(22(20)27)9-6-13(3)4/h5-6,8,10-11,25-27H,7,9H2,1-4H3,(H,24,28). The average Bonchev–Trinajstić information content (AvgIpc) is 2.60. The molecule has 4 N–H and O–H groups in total. The van der Waals surface area contributed by atoms with E-state index in [0.29, 0.717) is 35.0 Å². The highest BCUT2D eigenvalue weighted by Gasteiger charge is 2.19. The largest absolute Gasteiger partial charge is 0.507 e. The Morgan fingerprint density at radius 3 is 2.14 bits per heavy atom. The number of hydrogen-bond donors (Lipinski definition) is 4. The predicted molar refractivity (Wildman–Crippen MR) is 113 cm³/mol. The Hall–Kier alpha value is -3.21. The molecule has 0 aliphatic rings. The van der Waals surface area contributed by atoms with Gasteiger partial charge in [-0.1, -0.05) is 29.4 Å². The van der Waals surface area contributed by atoms with Crippen LogP contribution in [0.5, 0.6) is 17.2 Å². The number of fused-ring (bicyclic) bond motifs is 2. The Bertz CT molecular complexity index is 1190. The van der Waals surface area contributed by atoms with E-state index < -0.39 is 5.43 Å². The van der Waals surface area contributed by atoms with E-state index in [9.17, 15) is 20.1 Å². The summed E-state index contributed by atoms with van der Waals surface area (Å²) in [5, 5.41) is 31.9. The smallest absolute Gasteiger partial charge is 0.204 e. The molecule has 0 aliphatic heterocycles. The van der Waals surface area contributed by atoms with E-state index >= 15 is 0 Å². The summed E-state index contributed by atoms with van der Waals surface area (Å²) in [5.41, 5.74) is 3.39. The van der Waals surface area contributed by atoms with Crippen LogP contribution in [0.2, 0.25) is 0 Å². The lowest BCUT2D eigenvalue weighted by Gasteiger charge is -2.12. The molecule has 5 nitrogen and oxygen atoms in total. The number of rotatable bonds is 4. The summed E-state index contributed by atoms with van der Waals surface area (Å²) in [6, 6.07) is 4.94. The monoisotopic (exact) mass is 379 g/mol. The van der Waals surface area contributed by atoms with Gasteiger partial charge in [-0.3, -0.25) is 4.79 Å². The van der Waals surface area contributed by atoms with E-state index in [1.54, 1.807) is 12.1 Å². The predicted octanol–water partition coefficient (Wildman–Crippen LogP) is 4.82. The number of nitrogens with one attached hydrogen (secondary N) is 1. The van der Waals surface area contributed by atoms with Crippen molar-refractivity contribution < 1.29 is 15.3 Å². The third-order valence-electron chi connectivity index (χ3n) is 4.81. The van der Waals surface area contributed by atoms with Crippen LogP contribution in [0.25, 0.3) is 21.8 Å². The number of pyridine rings is 1. The van der Waals surface area contributed by atoms with Crippen molar-refractivity contribution in [1.82, 2.24) is 4.98 Å². The molecule has 0 saturated heterocycles. The second-order valence-electron chi connectivity index (χ2n) is 7.57. The molecule has 3 rings (SSSR count). The van der Waals surface area contributed by atoms with Crippen molar-refractivity contribution in [3.8, 4) is 17.2 Å². The zero-order valence-electron chi connectivity index (χ0n) is 16.6. The van der Waals surface area contributed by atoms with E-state index in [1.807, 2.05) is 39.8 Å². The van der Waals surface area contributed by atoms with Gasteiger partial charge in [0.05, 0.1) is 21.8 Å². The Kier molecular flexibility index (Phi) is 5.18.